The second-order valence-electron chi connectivity index (χ2n) is 5.15. The minimum absolute atomic E-state index is 0.00628. The highest BCUT2D eigenvalue weighted by Gasteiger charge is 2.33. The van der Waals surface area contributed by atoms with Gasteiger partial charge in [-0.2, -0.15) is 13.2 Å². The quantitative estimate of drug-likeness (QED) is 0.702. The van der Waals surface area contributed by atoms with E-state index in [1.54, 1.807) is 18.2 Å². The summed E-state index contributed by atoms with van der Waals surface area (Å²) in [5.41, 5.74) is -0.778. The normalized spacial score (nSPS) is 12.7. The maximum absolute atomic E-state index is 13.1. The summed E-state index contributed by atoms with van der Waals surface area (Å²) in [5.74, 6) is 0. The molecule has 0 saturated carbocycles. The fourth-order valence-electron chi connectivity index (χ4n) is 2.49. The minimum Gasteiger partial charge on any atom is -0.241 e. The van der Waals surface area contributed by atoms with Crippen molar-refractivity contribution in [3.63, 3.8) is 0 Å². The number of nitrogens with zero attached hydrogens (tertiary/aromatic N) is 1. The molecular formula is C16H12F3NO2S. The van der Waals surface area contributed by atoms with Gasteiger partial charge in [0.1, 0.15) is 0 Å². The number of fused-ring (bicyclic) bond motifs is 1. The molecule has 3 nitrogen and oxygen atoms in total. The summed E-state index contributed by atoms with van der Waals surface area (Å²) in [7, 11) is -3.95. The molecule has 0 spiro atoms. The molecule has 120 valence electrons. The summed E-state index contributed by atoms with van der Waals surface area (Å²) in [6.45, 7) is 1.35. The van der Waals surface area contributed by atoms with Crippen LogP contribution in [0.4, 0.5) is 13.2 Å². The highest BCUT2D eigenvalue weighted by Crippen LogP contribution is 2.35. The Morgan fingerprint density at radius 1 is 1.00 bits per heavy atom. The van der Waals surface area contributed by atoms with Crippen LogP contribution in [0.25, 0.3) is 10.9 Å². The molecule has 3 rings (SSSR count). The third-order valence-corrected chi connectivity index (χ3v) is 5.31. The Kier molecular flexibility index (Phi) is 3.48. The van der Waals surface area contributed by atoms with Gasteiger partial charge in [-0.15, -0.1) is 0 Å². The van der Waals surface area contributed by atoms with Crippen molar-refractivity contribution in [1.82, 2.24) is 3.97 Å². The van der Waals surface area contributed by atoms with Crippen LogP contribution in [0.2, 0.25) is 0 Å². The Hall–Kier alpha value is -2.28. The van der Waals surface area contributed by atoms with Crippen molar-refractivity contribution in [1.29, 1.82) is 0 Å². The predicted molar refractivity (Wildman–Crippen MR) is 80.7 cm³/mol. The molecule has 0 atom stereocenters. The zero-order valence-electron chi connectivity index (χ0n) is 12.0. The molecule has 0 amide bonds. The minimum atomic E-state index is -4.54. The van der Waals surface area contributed by atoms with Crippen LogP contribution in [0.1, 0.15) is 11.1 Å². The molecule has 1 aromatic heterocycles. The molecule has 3 aromatic rings. The van der Waals surface area contributed by atoms with Crippen molar-refractivity contribution in [3.05, 3.63) is 65.9 Å². The van der Waals surface area contributed by atoms with Crippen molar-refractivity contribution in [2.75, 3.05) is 0 Å². The molecule has 0 fully saturated rings. The van der Waals surface area contributed by atoms with Gasteiger partial charge in [0.2, 0.25) is 0 Å². The number of hydrogen-bond donors (Lipinski definition) is 0. The van der Waals surface area contributed by atoms with E-state index in [-0.39, 0.29) is 16.0 Å². The van der Waals surface area contributed by atoms with Gasteiger partial charge in [-0.25, -0.2) is 12.4 Å². The van der Waals surface area contributed by atoms with E-state index in [0.717, 1.165) is 10.0 Å². The lowest BCUT2D eigenvalue weighted by atomic mass is 10.1. The number of benzene rings is 2. The SMILES string of the molecule is Cc1cc2ccn(S(=O)(=O)c3ccccc3)c2cc1C(F)(F)F. The van der Waals surface area contributed by atoms with Crippen molar-refractivity contribution in [2.24, 2.45) is 0 Å². The number of hydrogen-bond acceptors (Lipinski definition) is 2. The molecule has 0 saturated heterocycles. The Bertz CT molecular complexity index is 974. The first-order valence-corrected chi connectivity index (χ1v) is 8.15. The van der Waals surface area contributed by atoms with Gasteiger partial charge in [-0.05, 0) is 42.8 Å². The van der Waals surface area contributed by atoms with Gasteiger partial charge in [0, 0.05) is 11.6 Å². The smallest absolute Gasteiger partial charge is 0.241 e. The topological polar surface area (TPSA) is 39.1 Å². The highest BCUT2D eigenvalue weighted by atomic mass is 32.2. The van der Waals surface area contributed by atoms with E-state index in [4.69, 9.17) is 0 Å². The fraction of sp³-hybridized carbons (Fsp3) is 0.125. The Morgan fingerprint density at radius 3 is 2.26 bits per heavy atom. The van der Waals surface area contributed by atoms with Gasteiger partial charge in [0.05, 0.1) is 16.0 Å². The van der Waals surface area contributed by atoms with Crippen LogP contribution in [-0.4, -0.2) is 12.4 Å². The van der Waals surface area contributed by atoms with Gasteiger partial charge >= 0.3 is 6.18 Å². The number of halogens is 3. The van der Waals surface area contributed by atoms with E-state index in [2.05, 4.69) is 0 Å². The molecule has 7 heteroatoms. The first kappa shape index (κ1) is 15.6. The zero-order chi connectivity index (χ0) is 16.8. The molecule has 0 aliphatic heterocycles. The Labute approximate surface area is 131 Å². The van der Waals surface area contributed by atoms with Gasteiger partial charge in [-0.3, -0.25) is 0 Å². The van der Waals surface area contributed by atoms with Crippen LogP contribution >= 0.6 is 0 Å². The lowest BCUT2D eigenvalue weighted by Crippen LogP contribution is -2.13. The van der Waals surface area contributed by atoms with Gasteiger partial charge in [0.15, 0.2) is 0 Å². The number of aromatic nitrogens is 1. The second-order valence-corrected chi connectivity index (χ2v) is 6.97. The first-order valence-electron chi connectivity index (χ1n) is 6.71. The van der Waals surface area contributed by atoms with E-state index in [9.17, 15) is 21.6 Å². The summed E-state index contributed by atoms with van der Waals surface area (Å²) in [5, 5.41) is 0.440. The number of rotatable bonds is 2. The molecule has 0 aliphatic carbocycles. The zero-order valence-corrected chi connectivity index (χ0v) is 12.8. The number of aryl methyl sites for hydroxylation is 1. The molecule has 1 heterocycles. The largest absolute Gasteiger partial charge is 0.416 e. The van der Waals surface area contributed by atoms with Gasteiger partial charge in [0.25, 0.3) is 10.0 Å². The Morgan fingerprint density at radius 2 is 1.65 bits per heavy atom. The van der Waals surface area contributed by atoms with Crippen molar-refractivity contribution in [3.8, 4) is 0 Å². The molecule has 0 unspecified atom stereocenters. The van der Waals surface area contributed by atoms with Crippen LogP contribution in [0, 0.1) is 6.92 Å². The predicted octanol–water partition coefficient (Wildman–Crippen LogP) is 4.21. The van der Waals surface area contributed by atoms with Gasteiger partial charge in [-0.1, -0.05) is 18.2 Å². The Balaban J connectivity index is 2.28. The van der Waals surface area contributed by atoms with Crippen LogP contribution < -0.4 is 0 Å². The first-order chi connectivity index (χ1) is 10.7. The average molecular weight is 339 g/mol. The molecule has 0 radical (unpaired) electrons. The maximum Gasteiger partial charge on any atom is 0.416 e. The van der Waals surface area contributed by atoms with Crippen molar-refractivity contribution >= 4 is 20.9 Å². The lowest BCUT2D eigenvalue weighted by molar-refractivity contribution is -0.137. The molecule has 0 bridgehead atoms. The van der Waals surface area contributed by atoms with E-state index in [0.29, 0.717) is 5.39 Å². The summed E-state index contributed by atoms with van der Waals surface area (Å²) < 4.78 is 65.4. The summed E-state index contributed by atoms with van der Waals surface area (Å²) in [6.07, 6.45) is -3.27. The molecule has 2 aromatic carbocycles. The highest BCUT2D eigenvalue weighted by molar-refractivity contribution is 7.90. The molecule has 0 aliphatic rings. The average Bonchev–Trinajstić information content (AvgIpc) is 2.89. The standard InChI is InChI=1S/C16H12F3NO2S/c1-11-9-12-7-8-20(15(12)10-14(11)16(17,18)19)23(21,22)13-5-3-2-4-6-13/h2-10H,1H3. The van der Waals surface area contributed by atoms with Gasteiger partial charge < -0.3 is 0 Å². The van der Waals surface area contributed by atoms with Crippen LogP contribution in [-0.2, 0) is 16.2 Å². The van der Waals surface area contributed by atoms with E-state index >= 15 is 0 Å². The third-order valence-electron chi connectivity index (χ3n) is 3.61. The summed E-state index contributed by atoms with van der Waals surface area (Å²) in [4.78, 5) is 0.0200. The van der Waals surface area contributed by atoms with Crippen molar-refractivity contribution < 1.29 is 21.6 Å². The van der Waals surface area contributed by atoms with E-state index in [1.807, 2.05) is 0 Å². The van der Waals surface area contributed by atoms with E-state index < -0.39 is 21.8 Å². The third kappa shape index (κ3) is 2.61. The lowest BCUT2D eigenvalue weighted by Gasteiger charge is -2.12. The second kappa shape index (κ2) is 5.13. The monoisotopic (exact) mass is 339 g/mol. The molecule has 0 N–H and O–H groups in total. The number of alkyl halides is 3. The van der Waals surface area contributed by atoms with Crippen LogP contribution in [0.15, 0.2) is 59.6 Å². The summed E-state index contributed by atoms with van der Waals surface area (Å²) >= 11 is 0. The molecular weight excluding hydrogens is 327 g/mol. The van der Waals surface area contributed by atoms with E-state index in [1.165, 1.54) is 37.4 Å². The maximum atomic E-state index is 13.1. The fourth-order valence-corrected chi connectivity index (χ4v) is 3.86. The molecule has 23 heavy (non-hydrogen) atoms. The van der Waals surface area contributed by atoms with Crippen LogP contribution in [0.5, 0.6) is 0 Å². The van der Waals surface area contributed by atoms with Crippen molar-refractivity contribution in [2.45, 2.75) is 18.0 Å². The summed E-state index contributed by atoms with van der Waals surface area (Å²) in [6, 6.07) is 11.3. The van der Waals surface area contributed by atoms with Crippen LogP contribution in [0.3, 0.4) is 0 Å².